The van der Waals surface area contributed by atoms with E-state index in [-0.39, 0.29) is 6.61 Å². The summed E-state index contributed by atoms with van der Waals surface area (Å²) in [4.78, 5) is 10.7. The average molecular weight is 257 g/mol. The number of hydrogen-bond acceptors (Lipinski definition) is 4. The summed E-state index contributed by atoms with van der Waals surface area (Å²) in [5.74, 6) is 0.817. The molecule has 0 saturated carbocycles. The van der Waals surface area contributed by atoms with E-state index < -0.39 is 0 Å². The van der Waals surface area contributed by atoms with Crippen molar-refractivity contribution in [2.24, 2.45) is 0 Å². The predicted molar refractivity (Wildman–Crippen MR) is 76.3 cm³/mol. The summed E-state index contributed by atoms with van der Waals surface area (Å²) in [6.45, 7) is 3.00. The first-order chi connectivity index (χ1) is 9.35. The Morgan fingerprint density at radius 3 is 2.47 bits per heavy atom. The minimum Gasteiger partial charge on any atom is -0.390 e. The van der Waals surface area contributed by atoms with Gasteiger partial charge in [0.15, 0.2) is 5.82 Å². The lowest BCUT2D eigenvalue weighted by Crippen LogP contribution is -2.19. The fourth-order valence-corrected chi connectivity index (χ4v) is 1.87. The van der Waals surface area contributed by atoms with E-state index in [1.165, 1.54) is 0 Å². The molecular weight excluding hydrogens is 238 g/mol. The fraction of sp³-hybridized carbons (Fsp3) is 0.333. The molecule has 0 spiro atoms. The monoisotopic (exact) mass is 257 g/mol. The van der Waals surface area contributed by atoms with Gasteiger partial charge in [-0.3, -0.25) is 4.98 Å². The van der Waals surface area contributed by atoms with Crippen LogP contribution in [0, 0.1) is 0 Å². The topological polar surface area (TPSA) is 49.2 Å². The summed E-state index contributed by atoms with van der Waals surface area (Å²) in [6.07, 6.45) is 5.56. The smallest absolute Gasteiger partial charge is 0.151 e. The maximum Gasteiger partial charge on any atom is 0.151 e. The van der Waals surface area contributed by atoms with Crippen LogP contribution in [0.4, 0.5) is 11.5 Å². The van der Waals surface area contributed by atoms with Gasteiger partial charge in [0.05, 0.1) is 24.7 Å². The van der Waals surface area contributed by atoms with Crippen molar-refractivity contribution >= 4 is 11.5 Å². The maximum absolute atomic E-state index is 9.01. The molecule has 0 aliphatic heterocycles. The fourth-order valence-electron chi connectivity index (χ4n) is 1.87. The average Bonchev–Trinajstić information content (AvgIpc) is 2.49. The van der Waals surface area contributed by atoms with Crippen LogP contribution < -0.4 is 4.90 Å². The third-order valence-corrected chi connectivity index (χ3v) is 2.93. The van der Waals surface area contributed by atoms with Crippen LogP contribution in [0.3, 0.4) is 0 Å². The van der Waals surface area contributed by atoms with Crippen molar-refractivity contribution in [2.75, 3.05) is 11.4 Å². The largest absolute Gasteiger partial charge is 0.390 e. The second-order valence-corrected chi connectivity index (χ2v) is 4.36. The Morgan fingerprint density at radius 1 is 1.11 bits per heavy atom. The number of aliphatic hydroxyl groups is 1. The second-order valence-electron chi connectivity index (χ2n) is 4.36. The number of rotatable bonds is 6. The predicted octanol–water partition coefficient (Wildman–Crippen LogP) is 2.91. The molecule has 4 nitrogen and oxygen atoms in total. The Morgan fingerprint density at radius 2 is 1.89 bits per heavy atom. The number of para-hydroxylation sites is 1. The van der Waals surface area contributed by atoms with E-state index in [1.54, 1.807) is 12.4 Å². The Labute approximate surface area is 113 Å². The van der Waals surface area contributed by atoms with Crippen LogP contribution in [0.2, 0.25) is 0 Å². The van der Waals surface area contributed by atoms with Gasteiger partial charge in [0.1, 0.15) is 0 Å². The minimum absolute atomic E-state index is 0.0758. The number of benzene rings is 1. The van der Waals surface area contributed by atoms with Gasteiger partial charge in [0.25, 0.3) is 0 Å². The van der Waals surface area contributed by atoms with Gasteiger partial charge in [-0.15, -0.1) is 0 Å². The third kappa shape index (κ3) is 3.51. The van der Waals surface area contributed by atoms with Crippen LogP contribution in [-0.2, 0) is 6.61 Å². The summed E-state index contributed by atoms with van der Waals surface area (Å²) < 4.78 is 0. The Kier molecular flexibility index (Phi) is 4.86. The summed E-state index contributed by atoms with van der Waals surface area (Å²) in [7, 11) is 0. The van der Waals surface area contributed by atoms with E-state index in [2.05, 4.69) is 33.9 Å². The molecule has 0 aliphatic rings. The molecule has 0 fully saturated rings. The van der Waals surface area contributed by atoms with E-state index >= 15 is 0 Å². The number of aromatic nitrogens is 2. The molecule has 2 aromatic rings. The first-order valence-electron chi connectivity index (χ1n) is 6.59. The summed E-state index contributed by atoms with van der Waals surface area (Å²) >= 11 is 0. The molecule has 1 aromatic carbocycles. The molecule has 1 heterocycles. The number of unbranched alkanes of at least 4 members (excludes halogenated alkanes) is 1. The van der Waals surface area contributed by atoms with Crippen molar-refractivity contribution in [1.82, 2.24) is 9.97 Å². The number of anilines is 2. The van der Waals surface area contributed by atoms with Gasteiger partial charge in [0, 0.05) is 12.2 Å². The molecule has 100 valence electrons. The highest BCUT2D eigenvalue weighted by atomic mass is 16.3. The van der Waals surface area contributed by atoms with E-state index in [0.717, 1.165) is 30.9 Å². The summed E-state index contributed by atoms with van der Waals surface area (Å²) in [5, 5.41) is 9.01. The first kappa shape index (κ1) is 13.5. The zero-order chi connectivity index (χ0) is 13.5. The SMILES string of the molecule is CCCCN(c1ccccc1)c1cnc(CO)cn1. The van der Waals surface area contributed by atoms with Crippen molar-refractivity contribution < 1.29 is 5.11 Å². The van der Waals surface area contributed by atoms with Crippen molar-refractivity contribution in [2.45, 2.75) is 26.4 Å². The Balaban J connectivity index is 2.26. The molecule has 0 radical (unpaired) electrons. The summed E-state index contributed by atoms with van der Waals surface area (Å²) in [5.41, 5.74) is 1.70. The van der Waals surface area contributed by atoms with Crippen LogP contribution in [0.5, 0.6) is 0 Å². The van der Waals surface area contributed by atoms with Gasteiger partial charge in [0.2, 0.25) is 0 Å². The molecule has 0 amide bonds. The van der Waals surface area contributed by atoms with E-state index in [0.29, 0.717) is 5.69 Å². The van der Waals surface area contributed by atoms with Crippen molar-refractivity contribution in [3.63, 3.8) is 0 Å². The summed E-state index contributed by atoms with van der Waals surface area (Å²) in [6, 6.07) is 10.2. The molecule has 0 saturated heterocycles. The zero-order valence-electron chi connectivity index (χ0n) is 11.2. The van der Waals surface area contributed by atoms with Gasteiger partial charge < -0.3 is 10.0 Å². The highest BCUT2D eigenvalue weighted by molar-refractivity contribution is 5.58. The molecule has 4 heteroatoms. The van der Waals surface area contributed by atoms with Gasteiger partial charge in [-0.1, -0.05) is 31.5 Å². The number of hydrogen-bond donors (Lipinski definition) is 1. The van der Waals surface area contributed by atoms with Gasteiger partial charge >= 0.3 is 0 Å². The molecule has 0 bridgehead atoms. The van der Waals surface area contributed by atoms with Crippen LogP contribution in [-0.4, -0.2) is 21.6 Å². The lowest BCUT2D eigenvalue weighted by atomic mass is 10.2. The maximum atomic E-state index is 9.01. The molecule has 2 rings (SSSR count). The molecule has 0 aliphatic carbocycles. The normalized spacial score (nSPS) is 10.4. The van der Waals surface area contributed by atoms with Crippen LogP contribution in [0.15, 0.2) is 42.7 Å². The molecular formula is C15H19N3O. The minimum atomic E-state index is -0.0758. The van der Waals surface area contributed by atoms with Crippen molar-refractivity contribution in [1.29, 1.82) is 0 Å². The quantitative estimate of drug-likeness (QED) is 0.864. The van der Waals surface area contributed by atoms with Crippen molar-refractivity contribution in [3.05, 3.63) is 48.4 Å². The Bertz CT molecular complexity index is 485. The first-order valence-corrected chi connectivity index (χ1v) is 6.59. The molecule has 1 aromatic heterocycles. The van der Waals surface area contributed by atoms with Crippen LogP contribution in [0.1, 0.15) is 25.5 Å². The standard InChI is InChI=1S/C15H19N3O/c1-2-3-9-18(14-7-5-4-6-8-14)15-11-16-13(12-19)10-17-15/h4-8,10-11,19H,2-3,9,12H2,1H3. The van der Waals surface area contributed by atoms with Gasteiger partial charge in [-0.25, -0.2) is 4.98 Å². The van der Waals surface area contributed by atoms with E-state index in [9.17, 15) is 0 Å². The third-order valence-electron chi connectivity index (χ3n) is 2.93. The molecule has 1 N–H and O–H groups in total. The number of nitrogens with zero attached hydrogens (tertiary/aromatic N) is 3. The lowest BCUT2D eigenvalue weighted by Gasteiger charge is -2.23. The zero-order valence-corrected chi connectivity index (χ0v) is 11.2. The second kappa shape index (κ2) is 6.85. The Hall–Kier alpha value is -1.94. The van der Waals surface area contributed by atoms with Crippen molar-refractivity contribution in [3.8, 4) is 0 Å². The highest BCUT2D eigenvalue weighted by Crippen LogP contribution is 2.23. The molecule has 0 atom stereocenters. The van der Waals surface area contributed by atoms with Gasteiger partial charge in [-0.2, -0.15) is 0 Å². The van der Waals surface area contributed by atoms with Crippen LogP contribution >= 0.6 is 0 Å². The molecule has 19 heavy (non-hydrogen) atoms. The highest BCUT2D eigenvalue weighted by Gasteiger charge is 2.10. The van der Waals surface area contributed by atoms with Crippen LogP contribution in [0.25, 0.3) is 0 Å². The van der Waals surface area contributed by atoms with E-state index in [4.69, 9.17) is 5.11 Å². The van der Waals surface area contributed by atoms with Gasteiger partial charge in [-0.05, 0) is 18.6 Å². The number of aliphatic hydroxyl groups excluding tert-OH is 1. The molecule has 0 unspecified atom stereocenters. The van der Waals surface area contributed by atoms with E-state index in [1.807, 2.05) is 18.2 Å². The lowest BCUT2D eigenvalue weighted by molar-refractivity contribution is 0.276.